The maximum atomic E-state index is 5.89. The van der Waals surface area contributed by atoms with Gasteiger partial charge in [-0.3, -0.25) is 0 Å². The molecule has 1 unspecified atom stereocenters. The molecule has 0 fully saturated rings. The van der Waals surface area contributed by atoms with E-state index >= 15 is 0 Å². The van der Waals surface area contributed by atoms with Crippen LogP contribution in [0.15, 0.2) is 35.0 Å². The molecule has 0 radical (unpaired) electrons. The number of hydrogen-bond acceptors (Lipinski definition) is 5. The van der Waals surface area contributed by atoms with Gasteiger partial charge in [0.1, 0.15) is 18.1 Å². The fourth-order valence-corrected chi connectivity index (χ4v) is 1.96. The van der Waals surface area contributed by atoms with Crippen molar-refractivity contribution in [1.29, 1.82) is 0 Å². The maximum absolute atomic E-state index is 5.89. The number of aromatic nitrogens is 1. The Balaban J connectivity index is 2.11. The van der Waals surface area contributed by atoms with Crippen molar-refractivity contribution in [2.75, 3.05) is 6.61 Å². The lowest BCUT2D eigenvalue weighted by Crippen LogP contribution is -2.18. The second kappa shape index (κ2) is 7.69. The van der Waals surface area contributed by atoms with E-state index in [9.17, 15) is 0 Å². The van der Waals surface area contributed by atoms with E-state index < -0.39 is 0 Å². The molecule has 0 saturated heterocycles. The monoisotopic (exact) mass is 290 g/mol. The fraction of sp³-hybridized carbons (Fsp3) is 0.438. The van der Waals surface area contributed by atoms with Gasteiger partial charge in [-0.15, -0.1) is 0 Å². The number of rotatable bonds is 8. The average molecular weight is 290 g/mol. The molecule has 2 rings (SSSR count). The zero-order chi connectivity index (χ0) is 15.1. The lowest BCUT2D eigenvalue weighted by molar-refractivity contribution is 0.245. The first-order chi connectivity index (χ1) is 10.2. The van der Waals surface area contributed by atoms with Gasteiger partial charge in [-0.2, -0.15) is 0 Å². The van der Waals surface area contributed by atoms with E-state index in [-0.39, 0.29) is 6.04 Å². The number of ether oxygens (including phenoxy) is 2. The summed E-state index contributed by atoms with van der Waals surface area (Å²) in [7, 11) is 0. The molecule has 21 heavy (non-hydrogen) atoms. The summed E-state index contributed by atoms with van der Waals surface area (Å²) in [6.45, 7) is 5.07. The summed E-state index contributed by atoms with van der Waals surface area (Å²) in [5.74, 6) is 2.26. The normalized spacial score (nSPS) is 12.1. The van der Waals surface area contributed by atoms with Gasteiger partial charge >= 0.3 is 0 Å². The molecule has 1 heterocycles. The van der Waals surface area contributed by atoms with Gasteiger partial charge in [-0.1, -0.05) is 18.1 Å². The van der Waals surface area contributed by atoms with Crippen molar-refractivity contribution in [2.45, 2.75) is 39.3 Å². The van der Waals surface area contributed by atoms with Crippen molar-refractivity contribution in [1.82, 2.24) is 5.16 Å². The molecule has 0 aliphatic carbocycles. The van der Waals surface area contributed by atoms with Crippen LogP contribution in [0.2, 0.25) is 0 Å². The van der Waals surface area contributed by atoms with E-state index in [0.29, 0.717) is 19.0 Å². The summed E-state index contributed by atoms with van der Waals surface area (Å²) in [6, 6.07) is 7.71. The summed E-state index contributed by atoms with van der Waals surface area (Å²) in [4.78, 5) is 0. The molecule has 5 nitrogen and oxygen atoms in total. The zero-order valence-electron chi connectivity index (χ0n) is 12.5. The van der Waals surface area contributed by atoms with Gasteiger partial charge in [-0.25, -0.2) is 0 Å². The van der Waals surface area contributed by atoms with Gasteiger partial charge in [0.25, 0.3) is 0 Å². The van der Waals surface area contributed by atoms with E-state index in [2.05, 4.69) is 12.1 Å². The van der Waals surface area contributed by atoms with Crippen LogP contribution in [0, 0.1) is 0 Å². The summed E-state index contributed by atoms with van der Waals surface area (Å²) < 4.78 is 16.5. The third-order valence-corrected chi connectivity index (χ3v) is 2.91. The second-order valence-corrected chi connectivity index (χ2v) is 5.07. The molecule has 1 atom stereocenters. The van der Waals surface area contributed by atoms with Crippen LogP contribution in [0.3, 0.4) is 0 Å². The van der Waals surface area contributed by atoms with Crippen LogP contribution in [-0.2, 0) is 13.0 Å². The van der Waals surface area contributed by atoms with Crippen molar-refractivity contribution in [3.63, 3.8) is 0 Å². The third-order valence-electron chi connectivity index (χ3n) is 2.91. The van der Waals surface area contributed by atoms with Crippen molar-refractivity contribution in [3.8, 4) is 11.5 Å². The standard InChI is InChI=1S/C16H22N2O3/c1-3-8-19-14-5-4-13(9-12(2)17)16(10-14)20-11-15-6-7-18-21-15/h4-7,10,12H,3,8-9,11,17H2,1-2H3. The Labute approximate surface area is 125 Å². The number of benzene rings is 1. The molecule has 1 aromatic carbocycles. The molecule has 0 aliphatic heterocycles. The second-order valence-electron chi connectivity index (χ2n) is 5.07. The van der Waals surface area contributed by atoms with E-state index in [1.165, 1.54) is 0 Å². The lowest BCUT2D eigenvalue weighted by Gasteiger charge is -2.14. The van der Waals surface area contributed by atoms with E-state index in [1.54, 1.807) is 12.3 Å². The quantitative estimate of drug-likeness (QED) is 0.809. The van der Waals surface area contributed by atoms with E-state index in [0.717, 1.165) is 29.9 Å². The SMILES string of the molecule is CCCOc1ccc(CC(C)N)c(OCc2ccno2)c1. The number of nitrogens with zero attached hydrogens (tertiary/aromatic N) is 1. The van der Waals surface area contributed by atoms with Gasteiger partial charge < -0.3 is 19.7 Å². The molecular formula is C16H22N2O3. The number of hydrogen-bond donors (Lipinski definition) is 1. The topological polar surface area (TPSA) is 70.5 Å². The van der Waals surface area contributed by atoms with Gasteiger partial charge in [0.15, 0.2) is 5.76 Å². The van der Waals surface area contributed by atoms with Gasteiger partial charge in [0.05, 0.1) is 12.8 Å². The zero-order valence-corrected chi connectivity index (χ0v) is 12.5. The highest BCUT2D eigenvalue weighted by molar-refractivity contribution is 5.41. The van der Waals surface area contributed by atoms with Crippen LogP contribution >= 0.6 is 0 Å². The molecule has 114 valence electrons. The molecule has 0 saturated carbocycles. The van der Waals surface area contributed by atoms with E-state index in [1.807, 2.05) is 25.1 Å². The minimum atomic E-state index is 0.0695. The fourth-order valence-electron chi connectivity index (χ4n) is 1.96. The summed E-state index contributed by atoms with van der Waals surface area (Å²) in [5.41, 5.74) is 6.95. The predicted molar refractivity (Wildman–Crippen MR) is 80.4 cm³/mol. The van der Waals surface area contributed by atoms with Crippen LogP contribution in [0.25, 0.3) is 0 Å². The number of nitrogens with two attached hydrogens (primary N) is 1. The minimum Gasteiger partial charge on any atom is -0.493 e. The Morgan fingerprint density at radius 1 is 1.29 bits per heavy atom. The van der Waals surface area contributed by atoms with Crippen molar-refractivity contribution in [3.05, 3.63) is 41.8 Å². The lowest BCUT2D eigenvalue weighted by atomic mass is 10.1. The van der Waals surface area contributed by atoms with Crippen LogP contribution in [0.5, 0.6) is 11.5 Å². The maximum Gasteiger partial charge on any atom is 0.174 e. The molecular weight excluding hydrogens is 268 g/mol. The molecule has 2 aromatic rings. The Hall–Kier alpha value is -2.01. The van der Waals surface area contributed by atoms with Crippen LogP contribution < -0.4 is 15.2 Å². The smallest absolute Gasteiger partial charge is 0.174 e. The third kappa shape index (κ3) is 4.79. The Kier molecular flexibility index (Phi) is 5.63. The molecule has 0 bridgehead atoms. The van der Waals surface area contributed by atoms with Crippen molar-refractivity contribution < 1.29 is 14.0 Å². The first-order valence-corrected chi connectivity index (χ1v) is 7.22. The van der Waals surface area contributed by atoms with Gasteiger partial charge in [0, 0.05) is 18.2 Å². The van der Waals surface area contributed by atoms with Gasteiger partial charge in [-0.05, 0) is 31.4 Å². The van der Waals surface area contributed by atoms with Crippen LogP contribution in [0.1, 0.15) is 31.6 Å². The average Bonchev–Trinajstić information content (AvgIpc) is 2.97. The highest BCUT2D eigenvalue weighted by atomic mass is 16.5. The van der Waals surface area contributed by atoms with Crippen molar-refractivity contribution in [2.24, 2.45) is 5.73 Å². The summed E-state index contributed by atoms with van der Waals surface area (Å²) >= 11 is 0. The van der Waals surface area contributed by atoms with Crippen LogP contribution in [-0.4, -0.2) is 17.8 Å². The first-order valence-electron chi connectivity index (χ1n) is 7.22. The molecule has 2 N–H and O–H groups in total. The van der Waals surface area contributed by atoms with E-state index in [4.69, 9.17) is 19.7 Å². The Morgan fingerprint density at radius 3 is 2.81 bits per heavy atom. The highest BCUT2D eigenvalue weighted by Crippen LogP contribution is 2.27. The minimum absolute atomic E-state index is 0.0695. The molecule has 0 spiro atoms. The molecule has 5 heteroatoms. The predicted octanol–water partition coefficient (Wildman–Crippen LogP) is 2.93. The summed E-state index contributed by atoms with van der Waals surface area (Å²) in [5, 5.41) is 3.66. The van der Waals surface area contributed by atoms with Gasteiger partial charge in [0.2, 0.25) is 0 Å². The molecule has 1 aromatic heterocycles. The summed E-state index contributed by atoms with van der Waals surface area (Å²) in [6.07, 6.45) is 3.32. The molecule has 0 amide bonds. The highest BCUT2D eigenvalue weighted by Gasteiger charge is 2.09. The van der Waals surface area contributed by atoms with Crippen molar-refractivity contribution >= 4 is 0 Å². The molecule has 0 aliphatic rings. The van der Waals surface area contributed by atoms with Crippen LogP contribution in [0.4, 0.5) is 0 Å². The largest absolute Gasteiger partial charge is 0.493 e. The first kappa shape index (κ1) is 15.4. The Morgan fingerprint density at radius 2 is 2.14 bits per heavy atom. The Bertz CT molecular complexity index is 538.